The lowest BCUT2D eigenvalue weighted by atomic mass is 10.2. The zero-order chi connectivity index (χ0) is 21.2. The Morgan fingerprint density at radius 2 is 1.72 bits per heavy atom. The molecule has 3 rings (SSSR count). The van der Waals surface area contributed by atoms with Gasteiger partial charge in [0.05, 0.1) is 16.9 Å². The molecule has 0 saturated carbocycles. The van der Waals surface area contributed by atoms with E-state index in [0.717, 1.165) is 11.6 Å². The standard InChI is InChI=1S/C18H19Cl2N3O5S/c1-28-18-6-5-13(11-17(18)23(24)25)29(26,27)22-9-7-21(8-10-22)12-14-15(19)3-2-4-16(14)20/h2-6,11H,7-10,12H2,1H3. The van der Waals surface area contributed by atoms with E-state index in [4.69, 9.17) is 27.9 Å². The minimum absolute atomic E-state index is 0.00962. The number of nitro groups is 1. The van der Waals surface area contributed by atoms with Crippen molar-refractivity contribution in [1.82, 2.24) is 9.21 Å². The first kappa shape index (κ1) is 21.8. The van der Waals surface area contributed by atoms with Gasteiger partial charge in [-0.05, 0) is 24.3 Å². The van der Waals surface area contributed by atoms with Crippen molar-refractivity contribution in [2.45, 2.75) is 11.4 Å². The minimum atomic E-state index is -3.86. The van der Waals surface area contributed by atoms with Crippen LogP contribution in [-0.2, 0) is 16.6 Å². The van der Waals surface area contributed by atoms with Crippen LogP contribution in [0.1, 0.15) is 5.56 Å². The molecule has 1 saturated heterocycles. The van der Waals surface area contributed by atoms with Gasteiger partial charge in [-0.3, -0.25) is 15.0 Å². The van der Waals surface area contributed by atoms with Gasteiger partial charge in [-0.25, -0.2) is 8.42 Å². The Hall–Kier alpha value is -1.91. The Kier molecular flexibility index (Phi) is 6.65. The third kappa shape index (κ3) is 4.65. The fourth-order valence-electron chi connectivity index (χ4n) is 3.16. The topological polar surface area (TPSA) is 93.0 Å². The predicted octanol–water partition coefficient (Wildman–Crippen LogP) is 3.42. The molecule has 0 spiro atoms. The smallest absolute Gasteiger partial charge is 0.312 e. The summed E-state index contributed by atoms with van der Waals surface area (Å²) in [5.74, 6) is 0.00962. The molecular weight excluding hydrogens is 441 g/mol. The molecule has 2 aromatic carbocycles. The molecule has 29 heavy (non-hydrogen) atoms. The van der Waals surface area contributed by atoms with Crippen LogP contribution in [0.2, 0.25) is 10.0 Å². The maximum absolute atomic E-state index is 12.9. The van der Waals surface area contributed by atoms with Crippen LogP contribution >= 0.6 is 23.2 Å². The largest absolute Gasteiger partial charge is 0.490 e. The zero-order valence-corrected chi connectivity index (χ0v) is 17.9. The number of piperazine rings is 1. The van der Waals surface area contributed by atoms with E-state index >= 15 is 0 Å². The van der Waals surface area contributed by atoms with E-state index in [0.29, 0.717) is 29.7 Å². The van der Waals surface area contributed by atoms with Crippen LogP contribution in [0.3, 0.4) is 0 Å². The van der Waals surface area contributed by atoms with Gasteiger partial charge in [0, 0.05) is 54.4 Å². The SMILES string of the molecule is COc1ccc(S(=O)(=O)N2CCN(Cc3c(Cl)cccc3Cl)CC2)cc1[N+](=O)[O-]. The fraction of sp³-hybridized carbons (Fsp3) is 0.333. The van der Waals surface area contributed by atoms with E-state index < -0.39 is 14.9 Å². The Balaban J connectivity index is 1.73. The number of ether oxygens (including phenoxy) is 1. The lowest BCUT2D eigenvalue weighted by Crippen LogP contribution is -2.48. The molecule has 0 radical (unpaired) electrons. The highest BCUT2D eigenvalue weighted by Gasteiger charge is 2.31. The van der Waals surface area contributed by atoms with E-state index in [2.05, 4.69) is 4.90 Å². The number of nitrogens with zero attached hydrogens (tertiary/aromatic N) is 3. The third-order valence-corrected chi connectivity index (χ3v) is 7.36. The number of hydrogen-bond acceptors (Lipinski definition) is 6. The zero-order valence-electron chi connectivity index (χ0n) is 15.5. The normalized spacial score (nSPS) is 16.0. The molecule has 1 aliphatic rings. The highest BCUT2D eigenvalue weighted by Crippen LogP contribution is 2.31. The van der Waals surface area contributed by atoms with Crippen molar-refractivity contribution in [3.63, 3.8) is 0 Å². The van der Waals surface area contributed by atoms with E-state index in [9.17, 15) is 18.5 Å². The number of rotatable bonds is 6. The molecule has 156 valence electrons. The van der Waals surface area contributed by atoms with Crippen molar-refractivity contribution in [2.24, 2.45) is 0 Å². The molecule has 0 aliphatic carbocycles. The summed E-state index contributed by atoms with van der Waals surface area (Å²) < 4.78 is 32.1. The number of halogens is 2. The Bertz CT molecular complexity index is 1000. The Labute approximate surface area is 178 Å². The first-order valence-corrected chi connectivity index (χ1v) is 10.9. The number of sulfonamides is 1. The van der Waals surface area contributed by atoms with Crippen molar-refractivity contribution >= 4 is 38.9 Å². The summed E-state index contributed by atoms with van der Waals surface area (Å²) in [5, 5.41) is 12.3. The quantitative estimate of drug-likeness (QED) is 0.485. The fourth-order valence-corrected chi connectivity index (χ4v) is 5.12. The van der Waals surface area contributed by atoms with E-state index in [-0.39, 0.29) is 29.4 Å². The van der Waals surface area contributed by atoms with Crippen LogP contribution in [-0.4, -0.2) is 55.8 Å². The summed E-state index contributed by atoms with van der Waals surface area (Å²) in [6, 6.07) is 8.94. The first-order chi connectivity index (χ1) is 13.7. The summed E-state index contributed by atoms with van der Waals surface area (Å²) in [7, 11) is -2.57. The summed E-state index contributed by atoms with van der Waals surface area (Å²) >= 11 is 12.4. The van der Waals surface area contributed by atoms with Crippen molar-refractivity contribution < 1.29 is 18.1 Å². The van der Waals surface area contributed by atoms with Crippen molar-refractivity contribution in [3.05, 3.63) is 62.1 Å². The predicted molar refractivity (Wildman–Crippen MR) is 110 cm³/mol. The van der Waals surface area contributed by atoms with Crippen LogP contribution < -0.4 is 4.74 Å². The first-order valence-electron chi connectivity index (χ1n) is 8.72. The molecule has 1 fully saturated rings. The van der Waals surface area contributed by atoms with Crippen molar-refractivity contribution in [2.75, 3.05) is 33.3 Å². The molecule has 1 heterocycles. The number of methoxy groups -OCH3 is 1. The van der Waals surface area contributed by atoms with Gasteiger partial charge in [-0.1, -0.05) is 29.3 Å². The van der Waals surface area contributed by atoms with Gasteiger partial charge in [0.1, 0.15) is 0 Å². The minimum Gasteiger partial charge on any atom is -0.490 e. The highest BCUT2D eigenvalue weighted by molar-refractivity contribution is 7.89. The van der Waals surface area contributed by atoms with Gasteiger partial charge in [0.2, 0.25) is 10.0 Å². The maximum atomic E-state index is 12.9. The molecule has 0 aromatic heterocycles. The molecule has 0 amide bonds. The van der Waals surface area contributed by atoms with Crippen LogP contribution in [0.25, 0.3) is 0 Å². The second kappa shape index (κ2) is 8.85. The maximum Gasteiger partial charge on any atom is 0.312 e. The van der Waals surface area contributed by atoms with Gasteiger partial charge >= 0.3 is 5.69 Å². The molecule has 0 N–H and O–H groups in total. The Morgan fingerprint density at radius 3 is 2.28 bits per heavy atom. The molecule has 0 atom stereocenters. The summed E-state index contributed by atoms with van der Waals surface area (Å²) in [6.07, 6.45) is 0. The molecule has 0 bridgehead atoms. The second-order valence-electron chi connectivity index (χ2n) is 6.47. The monoisotopic (exact) mass is 459 g/mol. The molecule has 1 aliphatic heterocycles. The van der Waals surface area contributed by atoms with Crippen molar-refractivity contribution in [3.8, 4) is 5.75 Å². The molecule has 0 unspecified atom stereocenters. The van der Waals surface area contributed by atoms with Crippen LogP contribution in [0.5, 0.6) is 5.75 Å². The number of hydrogen-bond donors (Lipinski definition) is 0. The van der Waals surface area contributed by atoms with Gasteiger partial charge in [-0.15, -0.1) is 0 Å². The lowest BCUT2D eigenvalue weighted by molar-refractivity contribution is -0.386. The van der Waals surface area contributed by atoms with Gasteiger partial charge in [-0.2, -0.15) is 4.31 Å². The number of nitro benzene ring substituents is 1. The van der Waals surface area contributed by atoms with E-state index in [1.54, 1.807) is 18.2 Å². The second-order valence-corrected chi connectivity index (χ2v) is 9.22. The molecular formula is C18H19Cl2N3O5S. The lowest BCUT2D eigenvalue weighted by Gasteiger charge is -2.34. The average molecular weight is 460 g/mol. The molecule has 2 aromatic rings. The van der Waals surface area contributed by atoms with Crippen LogP contribution in [0.4, 0.5) is 5.69 Å². The van der Waals surface area contributed by atoms with Crippen molar-refractivity contribution in [1.29, 1.82) is 0 Å². The van der Waals surface area contributed by atoms with Crippen LogP contribution in [0.15, 0.2) is 41.3 Å². The van der Waals surface area contributed by atoms with Gasteiger partial charge < -0.3 is 4.74 Å². The summed E-state index contributed by atoms with van der Waals surface area (Å²) in [5.41, 5.74) is 0.415. The average Bonchev–Trinajstić information content (AvgIpc) is 2.70. The third-order valence-electron chi connectivity index (χ3n) is 4.76. The summed E-state index contributed by atoms with van der Waals surface area (Å²) in [4.78, 5) is 12.5. The van der Waals surface area contributed by atoms with Gasteiger partial charge in [0.25, 0.3) is 0 Å². The van der Waals surface area contributed by atoms with Crippen LogP contribution in [0, 0.1) is 10.1 Å². The number of benzene rings is 2. The highest BCUT2D eigenvalue weighted by atomic mass is 35.5. The Morgan fingerprint density at radius 1 is 1.10 bits per heavy atom. The summed E-state index contributed by atoms with van der Waals surface area (Å²) in [6.45, 7) is 1.99. The molecule has 11 heteroatoms. The van der Waals surface area contributed by atoms with E-state index in [1.807, 2.05) is 0 Å². The molecule has 8 nitrogen and oxygen atoms in total. The van der Waals surface area contributed by atoms with E-state index in [1.165, 1.54) is 23.5 Å². The van der Waals surface area contributed by atoms with Gasteiger partial charge in [0.15, 0.2) is 5.75 Å².